The molecule has 25 heavy (non-hydrogen) atoms. The average molecular weight is 384 g/mol. The lowest BCUT2D eigenvalue weighted by molar-refractivity contribution is -0.125. The second-order valence-electron chi connectivity index (χ2n) is 7.42. The van der Waals surface area contributed by atoms with Crippen LogP contribution in [0.25, 0.3) is 0 Å². The lowest BCUT2D eigenvalue weighted by Gasteiger charge is -2.57. The number of fused-ring (bicyclic) bond motifs is 2. The van der Waals surface area contributed by atoms with Crippen molar-refractivity contribution in [2.75, 3.05) is 20.2 Å². The van der Waals surface area contributed by atoms with Crippen molar-refractivity contribution < 1.29 is 9.84 Å². The van der Waals surface area contributed by atoms with Crippen molar-refractivity contribution in [1.29, 1.82) is 0 Å². The van der Waals surface area contributed by atoms with Crippen LogP contribution in [0.15, 0.2) is 17.1 Å². The van der Waals surface area contributed by atoms with E-state index in [1.807, 2.05) is 12.1 Å². The molecular formula is C18H26ClN3O2S. The summed E-state index contributed by atoms with van der Waals surface area (Å²) in [4.78, 5) is 5.24. The van der Waals surface area contributed by atoms with Gasteiger partial charge < -0.3 is 20.5 Å². The molecule has 1 aliphatic heterocycles. The van der Waals surface area contributed by atoms with E-state index < -0.39 is 6.10 Å². The van der Waals surface area contributed by atoms with E-state index in [4.69, 9.17) is 16.3 Å². The van der Waals surface area contributed by atoms with Crippen LogP contribution in [0, 0.1) is 11.3 Å². The molecule has 3 aliphatic rings. The molecule has 4 atom stereocenters. The Morgan fingerprint density at radius 2 is 2.28 bits per heavy atom. The van der Waals surface area contributed by atoms with Crippen LogP contribution in [-0.4, -0.2) is 43.4 Å². The molecule has 2 saturated carbocycles. The van der Waals surface area contributed by atoms with E-state index in [2.05, 4.69) is 15.6 Å². The Hall–Kier alpha value is -0.820. The van der Waals surface area contributed by atoms with Crippen molar-refractivity contribution in [2.24, 2.45) is 16.3 Å². The number of aliphatic hydroxyl groups is 1. The van der Waals surface area contributed by atoms with Crippen LogP contribution < -0.4 is 10.6 Å². The average Bonchev–Trinajstić information content (AvgIpc) is 3.34. The number of hydrogen-bond donors (Lipinski definition) is 3. The zero-order valence-corrected chi connectivity index (χ0v) is 16.1. The van der Waals surface area contributed by atoms with Crippen LogP contribution in [0.1, 0.15) is 43.1 Å². The maximum Gasteiger partial charge on any atom is 0.191 e. The smallest absolute Gasteiger partial charge is 0.191 e. The number of halogens is 1. The minimum absolute atomic E-state index is 0.290. The third-order valence-electron chi connectivity index (χ3n) is 6.19. The van der Waals surface area contributed by atoms with Crippen LogP contribution in [0.4, 0.5) is 0 Å². The summed E-state index contributed by atoms with van der Waals surface area (Å²) in [5.41, 5.74) is 0.290. The highest BCUT2D eigenvalue weighted by atomic mass is 35.5. The summed E-state index contributed by atoms with van der Waals surface area (Å²) in [6.45, 7) is 1.31. The van der Waals surface area contributed by atoms with Crippen molar-refractivity contribution in [3.05, 3.63) is 21.3 Å². The van der Waals surface area contributed by atoms with Gasteiger partial charge in [-0.1, -0.05) is 24.4 Å². The van der Waals surface area contributed by atoms with E-state index >= 15 is 0 Å². The van der Waals surface area contributed by atoms with Crippen molar-refractivity contribution in [3.63, 3.8) is 0 Å². The first-order valence-electron chi connectivity index (χ1n) is 9.16. The summed E-state index contributed by atoms with van der Waals surface area (Å²) in [6.07, 6.45) is 6.09. The molecule has 1 spiro atoms. The third kappa shape index (κ3) is 3.07. The molecule has 1 aromatic rings. The molecule has 138 valence electrons. The van der Waals surface area contributed by atoms with E-state index in [-0.39, 0.29) is 0 Å². The molecule has 2 aliphatic carbocycles. The molecule has 5 nitrogen and oxygen atoms in total. The fourth-order valence-electron chi connectivity index (χ4n) is 5.05. The quantitative estimate of drug-likeness (QED) is 0.552. The SMILES string of the molecule is CN=C(NCC(O)c1ccc(Cl)s1)NC1C2CCOC2C12CCCC2. The molecule has 2 heterocycles. The second-order valence-corrected chi connectivity index (χ2v) is 9.16. The van der Waals surface area contributed by atoms with Gasteiger partial charge in [0.25, 0.3) is 0 Å². The number of ether oxygens (including phenoxy) is 1. The number of guanidine groups is 1. The number of nitrogens with one attached hydrogen (secondary N) is 2. The number of aliphatic hydroxyl groups excluding tert-OH is 1. The van der Waals surface area contributed by atoms with Gasteiger partial charge in [0.2, 0.25) is 0 Å². The zero-order chi connectivity index (χ0) is 17.4. The Labute approximate surface area is 157 Å². The standard InChI is InChI=1S/C18H26ClN3O2S/c1-20-17(21-10-12(23)13-4-5-14(19)25-13)22-15-11-6-9-24-16(11)18(15)7-2-3-8-18/h4-5,11-12,15-16,23H,2-3,6-10H2,1H3,(H2,20,21,22). The predicted molar refractivity (Wildman–Crippen MR) is 101 cm³/mol. The van der Waals surface area contributed by atoms with Crippen LogP contribution in [0.2, 0.25) is 4.34 Å². The maximum atomic E-state index is 10.3. The maximum absolute atomic E-state index is 10.3. The third-order valence-corrected chi connectivity index (χ3v) is 7.52. The number of aliphatic imine (C=N–C) groups is 1. The minimum Gasteiger partial charge on any atom is -0.386 e. The van der Waals surface area contributed by atoms with Gasteiger partial charge in [-0.2, -0.15) is 0 Å². The first-order chi connectivity index (χ1) is 12.1. The molecule has 1 aromatic heterocycles. The number of hydrogen-bond acceptors (Lipinski definition) is 4. The lowest BCUT2D eigenvalue weighted by atomic mass is 9.54. The van der Waals surface area contributed by atoms with Crippen LogP contribution in [0.5, 0.6) is 0 Å². The summed E-state index contributed by atoms with van der Waals surface area (Å²) >= 11 is 7.36. The highest BCUT2D eigenvalue weighted by Gasteiger charge is 2.65. The highest BCUT2D eigenvalue weighted by Crippen LogP contribution is 2.60. The number of rotatable bonds is 4. The molecule has 0 bridgehead atoms. The number of nitrogens with zero attached hydrogens (tertiary/aromatic N) is 1. The second kappa shape index (κ2) is 7.06. The highest BCUT2D eigenvalue weighted by molar-refractivity contribution is 7.16. The van der Waals surface area contributed by atoms with Crippen molar-refractivity contribution in [3.8, 4) is 0 Å². The fourth-order valence-corrected chi connectivity index (χ4v) is 6.09. The van der Waals surface area contributed by atoms with Crippen molar-refractivity contribution >= 4 is 28.9 Å². The summed E-state index contributed by atoms with van der Waals surface area (Å²) in [6, 6.07) is 4.12. The molecule has 0 amide bonds. The van der Waals surface area contributed by atoms with Gasteiger partial charge >= 0.3 is 0 Å². The zero-order valence-electron chi connectivity index (χ0n) is 14.5. The van der Waals surface area contributed by atoms with Gasteiger partial charge in [-0.25, -0.2) is 0 Å². The fraction of sp³-hybridized carbons (Fsp3) is 0.722. The Bertz CT molecular complexity index is 644. The van der Waals surface area contributed by atoms with Gasteiger partial charge in [0.15, 0.2) is 5.96 Å². The summed E-state index contributed by atoms with van der Waals surface area (Å²) in [7, 11) is 1.78. The molecule has 4 unspecified atom stereocenters. The summed E-state index contributed by atoms with van der Waals surface area (Å²) in [5.74, 6) is 1.36. The van der Waals surface area contributed by atoms with Crippen molar-refractivity contribution in [1.82, 2.24) is 10.6 Å². The monoisotopic (exact) mass is 383 g/mol. The van der Waals surface area contributed by atoms with Gasteiger partial charge in [-0.3, -0.25) is 4.99 Å². The van der Waals surface area contributed by atoms with E-state index in [1.54, 1.807) is 7.05 Å². The Morgan fingerprint density at radius 1 is 1.48 bits per heavy atom. The Balaban J connectivity index is 1.37. The topological polar surface area (TPSA) is 65.9 Å². The van der Waals surface area contributed by atoms with E-state index in [0.29, 0.717) is 34.4 Å². The summed E-state index contributed by atoms with van der Waals surface area (Å²) in [5, 5.41) is 17.2. The van der Waals surface area contributed by atoms with Gasteiger partial charge in [-0.05, 0) is 31.4 Å². The van der Waals surface area contributed by atoms with E-state index in [1.165, 1.54) is 37.0 Å². The molecule has 3 fully saturated rings. The van der Waals surface area contributed by atoms with Crippen LogP contribution in [-0.2, 0) is 4.74 Å². The molecule has 0 aromatic carbocycles. The molecule has 7 heteroatoms. The van der Waals surface area contributed by atoms with Gasteiger partial charge in [-0.15, -0.1) is 11.3 Å². The van der Waals surface area contributed by atoms with E-state index in [0.717, 1.165) is 23.9 Å². The van der Waals surface area contributed by atoms with Crippen LogP contribution in [0.3, 0.4) is 0 Å². The minimum atomic E-state index is -0.583. The van der Waals surface area contributed by atoms with Gasteiger partial charge in [0.1, 0.15) is 6.10 Å². The molecular weight excluding hydrogens is 358 g/mol. The predicted octanol–water partition coefficient (Wildman–Crippen LogP) is 2.95. The van der Waals surface area contributed by atoms with Gasteiger partial charge in [0.05, 0.1) is 10.4 Å². The molecule has 1 saturated heterocycles. The van der Waals surface area contributed by atoms with Gasteiger partial charge in [0, 0.05) is 42.5 Å². The number of thiophene rings is 1. The van der Waals surface area contributed by atoms with E-state index in [9.17, 15) is 5.11 Å². The molecule has 4 rings (SSSR count). The first kappa shape index (κ1) is 17.6. The van der Waals surface area contributed by atoms with Crippen LogP contribution >= 0.6 is 22.9 Å². The Kier molecular flexibility index (Phi) is 4.97. The normalized spacial score (nSPS) is 31.6. The molecule has 0 radical (unpaired) electrons. The van der Waals surface area contributed by atoms with Crippen molar-refractivity contribution in [2.45, 2.75) is 50.4 Å². The largest absolute Gasteiger partial charge is 0.386 e. The molecule has 3 N–H and O–H groups in total. The Morgan fingerprint density at radius 3 is 2.96 bits per heavy atom. The first-order valence-corrected chi connectivity index (χ1v) is 10.4. The summed E-state index contributed by atoms with van der Waals surface area (Å²) < 4.78 is 6.74. The lowest BCUT2D eigenvalue weighted by Crippen LogP contribution is -2.69.